The van der Waals surface area contributed by atoms with Gasteiger partial charge in [0.05, 0.1) is 13.0 Å². The molecule has 4 saturated carbocycles. The number of piperidine rings is 1. The highest BCUT2D eigenvalue weighted by atomic mass is 35.5. The van der Waals surface area contributed by atoms with Gasteiger partial charge in [0.1, 0.15) is 0 Å². The smallest absolute Gasteiger partial charge is 0.317 e. The number of amides is 2. The number of carbonyl (C=O) groups excluding carboxylic acids is 2. The van der Waals surface area contributed by atoms with Crippen molar-refractivity contribution in [3.63, 3.8) is 0 Å². The average Bonchev–Trinajstić information content (AvgIpc) is 3.08. The Bertz CT molecular complexity index is 942. The molecule has 1 N–H and O–H groups in total. The van der Waals surface area contributed by atoms with Gasteiger partial charge in [0, 0.05) is 24.2 Å². The summed E-state index contributed by atoms with van der Waals surface area (Å²) in [5, 5.41) is 4.24. The van der Waals surface area contributed by atoms with Crippen LogP contribution in [-0.2, 0) is 14.9 Å². The van der Waals surface area contributed by atoms with Crippen molar-refractivity contribution in [1.82, 2.24) is 10.2 Å². The molecule has 0 aromatic heterocycles. The lowest BCUT2D eigenvalue weighted by molar-refractivity contribution is -0.143. The van der Waals surface area contributed by atoms with Crippen molar-refractivity contribution in [2.75, 3.05) is 19.7 Å². The molecule has 7 rings (SSSR count). The molecule has 1 aromatic carbocycles. The summed E-state index contributed by atoms with van der Waals surface area (Å²) in [6.45, 7) is 3.79. The van der Waals surface area contributed by atoms with E-state index in [0.717, 1.165) is 49.2 Å². The maximum atomic E-state index is 13.3. The molecule has 1 spiro atoms. The summed E-state index contributed by atoms with van der Waals surface area (Å²) in [4.78, 5) is 27.6. The number of ether oxygens (including phenoxy) is 1. The fraction of sp³-hybridized carbons (Fsp3) is 0.714. The summed E-state index contributed by atoms with van der Waals surface area (Å²) in [5.74, 6) is 3.27. The molecule has 4 bridgehead atoms. The van der Waals surface area contributed by atoms with Crippen molar-refractivity contribution in [1.29, 1.82) is 0 Å². The normalized spacial score (nSPS) is 34.8. The lowest BCUT2D eigenvalue weighted by Gasteiger charge is -2.54. The first-order valence-corrected chi connectivity index (χ1v) is 13.8. The predicted molar refractivity (Wildman–Crippen MR) is 132 cm³/mol. The van der Waals surface area contributed by atoms with Crippen LogP contribution in [-0.4, -0.2) is 42.6 Å². The van der Waals surface area contributed by atoms with E-state index in [9.17, 15) is 9.59 Å². The van der Waals surface area contributed by atoms with E-state index < -0.39 is 0 Å². The minimum atomic E-state index is -0.127. The summed E-state index contributed by atoms with van der Waals surface area (Å²) in [6.07, 6.45) is 9.92. The second-order valence-corrected chi connectivity index (χ2v) is 12.3. The number of fused-ring (bicyclic) bond motifs is 2. The second kappa shape index (κ2) is 8.72. The molecule has 1 atom stereocenters. The van der Waals surface area contributed by atoms with E-state index in [1.165, 1.54) is 43.2 Å². The maximum Gasteiger partial charge on any atom is 0.317 e. The summed E-state index contributed by atoms with van der Waals surface area (Å²) in [6, 6.07) is 6.66. The molecule has 1 unspecified atom stereocenters. The number of esters is 1. The topological polar surface area (TPSA) is 58.6 Å². The van der Waals surface area contributed by atoms with Crippen LogP contribution < -0.4 is 5.32 Å². The number of nitrogens with one attached hydrogen (secondary N) is 1. The van der Waals surface area contributed by atoms with Crippen LogP contribution in [0.15, 0.2) is 18.2 Å². The Morgan fingerprint density at radius 2 is 1.76 bits per heavy atom. The zero-order valence-corrected chi connectivity index (χ0v) is 21.0. The van der Waals surface area contributed by atoms with Gasteiger partial charge in [-0.3, -0.25) is 4.79 Å². The van der Waals surface area contributed by atoms with Gasteiger partial charge in [0.2, 0.25) is 0 Å². The fourth-order valence-electron chi connectivity index (χ4n) is 8.64. The van der Waals surface area contributed by atoms with Crippen molar-refractivity contribution in [2.45, 2.75) is 82.1 Å². The van der Waals surface area contributed by atoms with Crippen LogP contribution in [0.5, 0.6) is 0 Å². The molecule has 6 heteroatoms. The Balaban J connectivity index is 1.12. The van der Waals surface area contributed by atoms with Gasteiger partial charge in [0.15, 0.2) is 0 Å². The van der Waals surface area contributed by atoms with Gasteiger partial charge in [-0.2, -0.15) is 0 Å². The number of rotatable bonds is 4. The second-order valence-electron chi connectivity index (χ2n) is 11.8. The van der Waals surface area contributed by atoms with Crippen LogP contribution in [0.25, 0.3) is 0 Å². The average molecular weight is 485 g/mol. The highest BCUT2D eigenvalue weighted by Gasteiger charge is 2.50. The quantitative estimate of drug-likeness (QED) is 0.562. The number of benzene rings is 1. The molecule has 0 radical (unpaired) electrons. The summed E-state index contributed by atoms with van der Waals surface area (Å²) < 4.78 is 5.25. The van der Waals surface area contributed by atoms with Crippen molar-refractivity contribution >= 4 is 23.6 Å². The van der Waals surface area contributed by atoms with E-state index in [2.05, 4.69) is 17.4 Å². The van der Waals surface area contributed by atoms with Gasteiger partial charge in [-0.25, -0.2) is 4.79 Å². The molecule has 184 valence electrons. The van der Waals surface area contributed by atoms with Gasteiger partial charge >= 0.3 is 12.0 Å². The number of halogens is 1. The molecule has 5 fully saturated rings. The Morgan fingerprint density at radius 1 is 1.09 bits per heavy atom. The van der Waals surface area contributed by atoms with Gasteiger partial charge in [0.25, 0.3) is 0 Å². The Morgan fingerprint density at radius 3 is 2.41 bits per heavy atom. The SMILES string of the molecule is CCOC(=O)CC1CC2(CCN(C(=O)NC3C4CC5CC(C4)CC3C5)CC2)c2cc(Cl)ccc21. The van der Waals surface area contributed by atoms with E-state index in [1.807, 2.05) is 17.9 Å². The largest absolute Gasteiger partial charge is 0.466 e. The third kappa shape index (κ3) is 3.92. The standard InChI is InChI=1S/C28H37ClN2O3/c1-2-34-25(32)14-21-16-28(24-15-22(29)3-4-23(21)24)5-7-31(8-6-28)27(33)30-26-19-10-17-9-18(12-19)13-20(26)11-17/h3-4,15,17-21,26H,2,5-14,16H2,1H3,(H,30,33). The van der Waals surface area contributed by atoms with Crippen LogP contribution in [0.2, 0.25) is 5.02 Å². The Hall–Kier alpha value is -1.75. The molecule has 1 aliphatic heterocycles. The summed E-state index contributed by atoms with van der Waals surface area (Å²) in [5.41, 5.74) is 2.52. The fourth-order valence-corrected chi connectivity index (χ4v) is 8.82. The Labute approximate surface area is 207 Å². The minimum Gasteiger partial charge on any atom is -0.466 e. The third-order valence-electron chi connectivity index (χ3n) is 9.91. The zero-order chi connectivity index (χ0) is 23.4. The van der Waals surface area contributed by atoms with E-state index in [4.69, 9.17) is 16.3 Å². The first-order valence-electron chi connectivity index (χ1n) is 13.4. The zero-order valence-electron chi connectivity index (χ0n) is 20.2. The van der Waals surface area contributed by atoms with Crippen molar-refractivity contribution in [3.8, 4) is 0 Å². The lowest BCUT2D eigenvalue weighted by Crippen LogP contribution is -2.59. The number of likely N-dealkylation sites (tertiary alicyclic amines) is 1. The van der Waals surface area contributed by atoms with Crippen LogP contribution in [0, 0.1) is 23.7 Å². The van der Waals surface area contributed by atoms with Gasteiger partial charge < -0.3 is 15.0 Å². The number of carbonyl (C=O) groups is 2. The number of urea groups is 1. The van der Waals surface area contributed by atoms with Gasteiger partial charge in [-0.05, 0) is 117 Å². The molecule has 34 heavy (non-hydrogen) atoms. The number of hydrogen-bond acceptors (Lipinski definition) is 3. The lowest BCUT2D eigenvalue weighted by atomic mass is 9.54. The van der Waals surface area contributed by atoms with Crippen LogP contribution in [0.3, 0.4) is 0 Å². The molecule has 1 aromatic rings. The highest BCUT2D eigenvalue weighted by molar-refractivity contribution is 6.30. The van der Waals surface area contributed by atoms with Crippen molar-refractivity contribution in [2.24, 2.45) is 23.7 Å². The molecule has 1 heterocycles. The predicted octanol–water partition coefficient (Wildman–Crippen LogP) is 5.65. The molecular weight excluding hydrogens is 448 g/mol. The molecule has 5 nitrogen and oxygen atoms in total. The first kappa shape index (κ1) is 22.7. The van der Waals surface area contributed by atoms with E-state index in [1.54, 1.807) is 0 Å². The van der Waals surface area contributed by atoms with Gasteiger partial charge in [-0.15, -0.1) is 0 Å². The van der Waals surface area contributed by atoms with E-state index in [0.29, 0.717) is 30.9 Å². The molecule has 2 amide bonds. The van der Waals surface area contributed by atoms with Crippen molar-refractivity contribution in [3.05, 3.63) is 34.3 Å². The van der Waals surface area contributed by atoms with E-state index in [-0.39, 0.29) is 23.3 Å². The number of hydrogen-bond donors (Lipinski definition) is 1. The summed E-state index contributed by atoms with van der Waals surface area (Å²) >= 11 is 6.41. The van der Waals surface area contributed by atoms with Crippen LogP contribution >= 0.6 is 11.6 Å². The molecule has 1 saturated heterocycles. The highest BCUT2D eigenvalue weighted by Crippen LogP contribution is 2.55. The molecule has 6 aliphatic rings. The maximum absolute atomic E-state index is 13.3. The minimum absolute atomic E-state index is 0.00318. The van der Waals surface area contributed by atoms with Crippen LogP contribution in [0.4, 0.5) is 4.79 Å². The van der Waals surface area contributed by atoms with Crippen molar-refractivity contribution < 1.29 is 14.3 Å². The Kier molecular flexibility index (Phi) is 5.82. The number of nitrogens with zero attached hydrogens (tertiary/aromatic N) is 1. The van der Waals surface area contributed by atoms with Gasteiger partial charge in [-0.1, -0.05) is 17.7 Å². The molecule has 5 aliphatic carbocycles. The third-order valence-corrected chi connectivity index (χ3v) is 10.1. The molecular formula is C28H37ClN2O3. The summed E-state index contributed by atoms with van der Waals surface area (Å²) in [7, 11) is 0. The van der Waals surface area contributed by atoms with Crippen LogP contribution in [0.1, 0.15) is 81.8 Å². The first-order chi connectivity index (χ1) is 16.4. The van der Waals surface area contributed by atoms with E-state index >= 15 is 0 Å². The monoisotopic (exact) mass is 484 g/mol.